The van der Waals surface area contributed by atoms with Gasteiger partial charge < -0.3 is 34.5 Å². The average Bonchev–Trinajstić information content (AvgIpc) is 3.61. The molecule has 5 heterocycles. The minimum absolute atomic E-state index is 0.0160. The van der Waals surface area contributed by atoms with Gasteiger partial charge in [-0.1, -0.05) is 18.9 Å². The predicted octanol–water partition coefficient (Wildman–Crippen LogP) is 2.87. The number of hydrogen-bond acceptors (Lipinski definition) is 7. The summed E-state index contributed by atoms with van der Waals surface area (Å²) in [5.41, 5.74) is -6.59. The van der Waals surface area contributed by atoms with Crippen LogP contribution in [0.5, 0.6) is 0 Å². The zero-order chi connectivity index (χ0) is 33.0. The standard InChI is InChI=1S/C30H37F2N4O8PS/c1-29(33-25(37)24-15-18-14-20(5-8-23(18)46-24)30(31,32)45(41,42)43)9-3-2-4-21-6-7-22(36(21)28(29)40)27(39)35-16-19(17-35)26(38)34-10-12-44-13-11-34/h5,8,14-15,19,21-22H,2-4,6-7,9-13,16-17H2,1H3,(H,33,37)(H2,41,42,43)/t21-,22-,29-/m0/s1. The van der Waals surface area contributed by atoms with Crippen LogP contribution in [-0.4, -0.2) is 105 Å². The van der Waals surface area contributed by atoms with Crippen LogP contribution < -0.4 is 5.32 Å². The van der Waals surface area contributed by atoms with E-state index in [4.69, 9.17) is 14.5 Å². The molecule has 12 nitrogen and oxygen atoms in total. The van der Waals surface area contributed by atoms with Crippen LogP contribution in [0.1, 0.15) is 60.7 Å². The van der Waals surface area contributed by atoms with Crippen LogP contribution in [0.3, 0.4) is 0 Å². The minimum atomic E-state index is -5.77. The van der Waals surface area contributed by atoms with Gasteiger partial charge in [-0.15, -0.1) is 11.3 Å². The maximum absolute atomic E-state index is 14.3. The van der Waals surface area contributed by atoms with Crippen LogP contribution in [0, 0.1) is 5.92 Å². The molecule has 16 heteroatoms. The number of thiophene rings is 1. The monoisotopic (exact) mass is 682 g/mol. The third-order valence-corrected chi connectivity index (χ3v) is 11.8. The van der Waals surface area contributed by atoms with Gasteiger partial charge in [0.15, 0.2) is 0 Å². The first-order valence-corrected chi connectivity index (χ1v) is 17.9. The molecule has 0 radical (unpaired) electrons. The van der Waals surface area contributed by atoms with Gasteiger partial charge in [-0.2, -0.15) is 8.78 Å². The summed E-state index contributed by atoms with van der Waals surface area (Å²) in [6.45, 7) is 4.32. The van der Waals surface area contributed by atoms with Crippen LogP contribution in [-0.2, 0) is 29.3 Å². The van der Waals surface area contributed by atoms with Gasteiger partial charge in [0.25, 0.3) is 5.91 Å². The second-order valence-electron chi connectivity index (χ2n) is 12.8. The van der Waals surface area contributed by atoms with Crippen molar-refractivity contribution in [2.24, 2.45) is 5.92 Å². The van der Waals surface area contributed by atoms with Crippen molar-refractivity contribution >= 4 is 52.6 Å². The molecule has 1 aromatic heterocycles. The highest BCUT2D eigenvalue weighted by atomic mass is 32.1. The lowest BCUT2D eigenvalue weighted by atomic mass is 9.88. The molecule has 46 heavy (non-hydrogen) atoms. The zero-order valence-electron chi connectivity index (χ0n) is 25.3. The zero-order valence-corrected chi connectivity index (χ0v) is 27.0. The quantitative estimate of drug-likeness (QED) is 0.393. The summed E-state index contributed by atoms with van der Waals surface area (Å²) in [4.78, 5) is 77.7. The SMILES string of the molecule is C[C@]1(NC(=O)c2cc3cc(C(F)(F)P(=O)(O)O)ccc3s2)CCCC[C@H]2CC[C@@H](C(=O)N3CC(C(=O)N4CCOCC4)C3)N2C1=O. The Balaban J connectivity index is 1.16. The van der Waals surface area contributed by atoms with Gasteiger partial charge in [-0.25, -0.2) is 0 Å². The van der Waals surface area contributed by atoms with E-state index < -0.39 is 36.3 Å². The molecule has 6 rings (SSSR count). The molecule has 0 spiro atoms. The second-order valence-corrected chi connectivity index (χ2v) is 15.6. The van der Waals surface area contributed by atoms with Gasteiger partial charge in [-0.05, 0) is 56.2 Å². The molecular formula is C30H37F2N4O8PS. The summed E-state index contributed by atoms with van der Waals surface area (Å²) in [6.07, 6.45) is 3.72. The van der Waals surface area contributed by atoms with Gasteiger partial charge >= 0.3 is 13.3 Å². The molecule has 1 aromatic carbocycles. The average molecular weight is 683 g/mol. The topological polar surface area (TPSA) is 157 Å². The first kappa shape index (κ1) is 33.0. The summed E-state index contributed by atoms with van der Waals surface area (Å²) in [5.74, 6) is -1.39. The first-order valence-electron chi connectivity index (χ1n) is 15.5. The highest BCUT2D eigenvalue weighted by Gasteiger charge is 2.52. The lowest BCUT2D eigenvalue weighted by Gasteiger charge is -2.45. The molecule has 250 valence electrons. The molecular weight excluding hydrogens is 645 g/mol. The smallest absolute Gasteiger partial charge is 0.378 e. The van der Waals surface area contributed by atoms with E-state index in [1.165, 1.54) is 12.1 Å². The summed E-state index contributed by atoms with van der Waals surface area (Å²) in [7, 11) is -5.77. The highest BCUT2D eigenvalue weighted by molar-refractivity contribution is 7.52. The lowest BCUT2D eigenvalue weighted by Crippen LogP contribution is -2.65. The van der Waals surface area contributed by atoms with Gasteiger partial charge in [0, 0.05) is 42.5 Å². The van der Waals surface area contributed by atoms with Crippen LogP contribution >= 0.6 is 18.9 Å². The Morgan fingerprint density at radius 2 is 1.76 bits per heavy atom. The first-order chi connectivity index (χ1) is 21.7. The molecule has 4 amide bonds. The van der Waals surface area contributed by atoms with Gasteiger partial charge in [-0.3, -0.25) is 23.7 Å². The number of amides is 4. The van der Waals surface area contributed by atoms with Crippen molar-refractivity contribution in [2.75, 3.05) is 39.4 Å². The number of hydrogen-bond donors (Lipinski definition) is 3. The van der Waals surface area contributed by atoms with Gasteiger partial charge in [0.1, 0.15) is 11.6 Å². The van der Waals surface area contributed by atoms with Crippen molar-refractivity contribution in [2.45, 2.75) is 68.7 Å². The van der Waals surface area contributed by atoms with Crippen molar-refractivity contribution in [1.29, 1.82) is 0 Å². The van der Waals surface area contributed by atoms with Crippen molar-refractivity contribution in [3.8, 4) is 0 Å². The fourth-order valence-electron chi connectivity index (χ4n) is 6.97. The number of alkyl halides is 2. The van der Waals surface area contributed by atoms with Crippen LogP contribution in [0.4, 0.5) is 8.78 Å². The highest BCUT2D eigenvalue weighted by Crippen LogP contribution is 2.59. The van der Waals surface area contributed by atoms with Crippen molar-refractivity contribution in [1.82, 2.24) is 20.0 Å². The number of likely N-dealkylation sites (tertiary alicyclic amines) is 1. The van der Waals surface area contributed by atoms with E-state index in [2.05, 4.69) is 5.32 Å². The Labute approximate surface area is 268 Å². The molecule has 4 aliphatic heterocycles. The number of halogens is 2. The third-order valence-electron chi connectivity index (χ3n) is 9.67. The Hall–Kier alpha value is -2.97. The molecule has 0 bridgehead atoms. The molecule has 4 fully saturated rings. The molecule has 3 N–H and O–H groups in total. The number of fused-ring (bicyclic) bond motifs is 2. The second kappa shape index (κ2) is 12.2. The van der Waals surface area contributed by atoms with E-state index in [0.717, 1.165) is 36.3 Å². The third kappa shape index (κ3) is 5.96. The van der Waals surface area contributed by atoms with Crippen LogP contribution in [0.25, 0.3) is 10.1 Å². The van der Waals surface area contributed by atoms with E-state index in [0.29, 0.717) is 69.8 Å². The predicted molar refractivity (Wildman–Crippen MR) is 163 cm³/mol. The molecule has 4 saturated heterocycles. The normalized spacial score (nSPS) is 26.4. The summed E-state index contributed by atoms with van der Waals surface area (Å²) in [5, 5.41) is 3.08. The number of carbonyl (C=O) groups excluding carboxylic acids is 4. The summed E-state index contributed by atoms with van der Waals surface area (Å²) < 4.78 is 45.7. The number of benzene rings is 1. The Bertz CT molecular complexity index is 1600. The van der Waals surface area contributed by atoms with E-state index in [1.807, 2.05) is 0 Å². The number of carbonyl (C=O) groups is 4. The molecule has 3 atom stereocenters. The van der Waals surface area contributed by atoms with E-state index in [-0.39, 0.29) is 39.9 Å². The largest absolute Gasteiger partial charge is 0.399 e. The van der Waals surface area contributed by atoms with Crippen LogP contribution in [0.15, 0.2) is 24.3 Å². The van der Waals surface area contributed by atoms with E-state index in [1.54, 1.807) is 21.6 Å². The van der Waals surface area contributed by atoms with E-state index >= 15 is 0 Å². The maximum atomic E-state index is 14.3. The summed E-state index contributed by atoms with van der Waals surface area (Å²) in [6, 6.07) is 3.66. The number of morpholine rings is 1. The van der Waals surface area contributed by atoms with Gasteiger partial charge in [0.2, 0.25) is 17.7 Å². The Morgan fingerprint density at radius 3 is 2.46 bits per heavy atom. The maximum Gasteiger partial charge on any atom is 0.399 e. The molecule has 2 aromatic rings. The number of ether oxygens (including phenoxy) is 1. The Kier molecular flexibility index (Phi) is 8.77. The van der Waals surface area contributed by atoms with Crippen molar-refractivity contribution in [3.63, 3.8) is 0 Å². The van der Waals surface area contributed by atoms with Crippen LogP contribution in [0.2, 0.25) is 0 Å². The van der Waals surface area contributed by atoms with E-state index in [9.17, 15) is 32.5 Å². The molecule has 4 aliphatic rings. The molecule has 0 saturated carbocycles. The van der Waals surface area contributed by atoms with Crippen molar-refractivity contribution < 1.29 is 47.0 Å². The molecule has 0 unspecified atom stereocenters. The Morgan fingerprint density at radius 1 is 1.04 bits per heavy atom. The number of nitrogens with zero attached hydrogens (tertiary/aromatic N) is 3. The van der Waals surface area contributed by atoms with Crippen molar-refractivity contribution in [3.05, 3.63) is 34.7 Å². The number of rotatable bonds is 6. The minimum Gasteiger partial charge on any atom is -0.378 e. The fourth-order valence-corrected chi connectivity index (χ4v) is 8.39. The molecule has 0 aliphatic carbocycles. The van der Waals surface area contributed by atoms with Gasteiger partial charge in [0.05, 0.1) is 24.0 Å². The fraction of sp³-hybridized carbons (Fsp3) is 0.600. The lowest BCUT2D eigenvalue weighted by molar-refractivity contribution is -0.158. The summed E-state index contributed by atoms with van der Waals surface area (Å²) >= 11 is 1.01. The number of nitrogens with one attached hydrogen (secondary N) is 1.